The summed E-state index contributed by atoms with van der Waals surface area (Å²) < 4.78 is 0. The molecule has 0 saturated carbocycles. The van der Waals surface area contributed by atoms with Crippen molar-refractivity contribution in [2.75, 3.05) is 6.54 Å². The summed E-state index contributed by atoms with van der Waals surface area (Å²) in [5.74, 6) is 0. The second-order valence-electron chi connectivity index (χ2n) is 1.24. The summed E-state index contributed by atoms with van der Waals surface area (Å²) in [6.07, 6.45) is 2.20. The molecule has 0 aliphatic heterocycles. The summed E-state index contributed by atoms with van der Waals surface area (Å²) in [6, 6.07) is 0. The van der Waals surface area contributed by atoms with Crippen molar-refractivity contribution < 1.29 is 0 Å². The average Bonchev–Trinajstić information content (AvgIpc) is 1.61. The molecule has 0 spiro atoms. The van der Waals surface area contributed by atoms with E-state index in [-0.39, 0.29) is 29.6 Å². The van der Waals surface area contributed by atoms with Crippen LogP contribution in [0.4, 0.5) is 0 Å². The molecule has 0 aliphatic rings. The van der Waals surface area contributed by atoms with Gasteiger partial charge in [-0.25, -0.2) is 5.53 Å². The summed E-state index contributed by atoms with van der Waals surface area (Å²) >= 11 is 0. The summed E-state index contributed by atoms with van der Waals surface area (Å²) in [6.45, 7) is 2.79. The van der Waals surface area contributed by atoms with Crippen molar-refractivity contribution in [3.05, 3.63) is 0 Å². The first-order valence-electron chi connectivity index (χ1n) is 2.25. The van der Waals surface area contributed by atoms with E-state index in [4.69, 9.17) is 5.53 Å². The Morgan fingerprint density at radius 2 is 2.14 bits per heavy atom. The van der Waals surface area contributed by atoms with Crippen LogP contribution in [-0.2, 0) is 0 Å². The van der Waals surface area contributed by atoms with Crippen molar-refractivity contribution in [1.82, 2.24) is 0 Å². The molecule has 0 rings (SSSR count). The molecule has 0 radical (unpaired) electrons. The maximum absolute atomic E-state index is 6.33. The predicted molar refractivity (Wildman–Crippen MR) is 32.1 cm³/mol. The molecule has 0 atom stereocenters. The minimum atomic E-state index is 0. The van der Waals surface area contributed by atoms with Gasteiger partial charge in [-0.05, 0) is 6.42 Å². The van der Waals surface area contributed by atoms with Crippen LogP contribution in [0.3, 0.4) is 0 Å². The van der Waals surface area contributed by atoms with Crippen LogP contribution >= 0.6 is 0 Å². The van der Waals surface area contributed by atoms with Crippen molar-refractivity contribution in [2.45, 2.75) is 19.8 Å². The third-order valence-electron chi connectivity index (χ3n) is 0.623. The van der Waals surface area contributed by atoms with Gasteiger partial charge in [-0.3, -0.25) is 0 Å². The molecule has 0 aromatic rings. The minimum absolute atomic E-state index is 0. The van der Waals surface area contributed by atoms with E-state index in [1.54, 1.807) is 0 Å². The van der Waals surface area contributed by atoms with Crippen molar-refractivity contribution in [3.63, 3.8) is 0 Å². The fourth-order valence-corrected chi connectivity index (χ4v) is 0.237. The molecule has 0 bridgehead atoms. The van der Waals surface area contributed by atoms with E-state index in [1.807, 2.05) is 0 Å². The van der Waals surface area contributed by atoms with E-state index in [0.717, 1.165) is 12.8 Å². The maximum atomic E-state index is 6.33. The van der Waals surface area contributed by atoms with E-state index < -0.39 is 0 Å². The Morgan fingerprint density at radius 1 is 1.57 bits per heavy atom. The summed E-state index contributed by atoms with van der Waals surface area (Å²) in [4.78, 5) is 0. The third-order valence-corrected chi connectivity index (χ3v) is 0.623. The van der Waals surface area contributed by atoms with E-state index in [0.29, 0.717) is 6.54 Å². The zero-order valence-corrected chi connectivity index (χ0v) is 4.07. The Kier molecular flexibility index (Phi) is 14.8. The first-order chi connectivity index (χ1) is 2.91. The zero-order valence-electron chi connectivity index (χ0n) is 4.07. The van der Waals surface area contributed by atoms with E-state index in [9.17, 15) is 0 Å². The quantitative estimate of drug-likeness (QED) is 0.321. The summed E-state index contributed by atoms with van der Waals surface area (Å²) in [7, 11) is 0. The molecule has 0 aliphatic carbocycles. The molecule has 0 aromatic heterocycles. The second-order valence-corrected chi connectivity index (χ2v) is 1.24. The number of hydrogen-bond donors (Lipinski definition) is 1. The van der Waals surface area contributed by atoms with Crippen LogP contribution in [0.1, 0.15) is 19.8 Å². The Hall–Kier alpha value is 0.600. The van der Waals surface area contributed by atoms with Gasteiger partial charge < -0.3 is 0 Å². The number of rotatable bonds is 3. The molecule has 3 heteroatoms. The Labute approximate surface area is 66.5 Å². The number of unbranched alkanes of at least 4 members (excludes halogenated alkanes) is 1. The van der Waals surface area contributed by atoms with Gasteiger partial charge in [-0.15, -0.1) is 0 Å². The molecule has 7 heavy (non-hydrogen) atoms. The number of nitrogens with one attached hydrogen (secondary N) is 1. The molecule has 0 saturated heterocycles. The van der Waals surface area contributed by atoms with Gasteiger partial charge >= 0.3 is 29.6 Å². The second kappa shape index (κ2) is 9.78. The van der Waals surface area contributed by atoms with Crippen LogP contribution in [-0.4, -0.2) is 36.1 Å². The van der Waals surface area contributed by atoms with Crippen LogP contribution in [0, 0.1) is 5.53 Å². The van der Waals surface area contributed by atoms with Crippen molar-refractivity contribution in [2.24, 2.45) is 5.11 Å². The van der Waals surface area contributed by atoms with E-state index >= 15 is 0 Å². The molecule has 0 amide bonds. The predicted octanol–water partition coefficient (Wildman–Crippen LogP) is 1.17. The van der Waals surface area contributed by atoms with Gasteiger partial charge in [0.25, 0.3) is 0 Å². The standard InChI is InChI=1S/C4H10N2.Na.H/c1-2-3-4-6-5;;/h5H,2-4H2,1H3;;. The fraction of sp³-hybridized carbons (Fsp3) is 1.00. The Balaban J connectivity index is 0. The van der Waals surface area contributed by atoms with Crippen LogP contribution in [0.25, 0.3) is 0 Å². The van der Waals surface area contributed by atoms with Gasteiger partial charge in [0.05, 0.1) is 6.54 Å². The van der Waals surface area contributed by atoms with Gasteiger partial charge in [0.2, 0.25) is 0 Å². The summed E-state index contributed by atoms with van der Waals surface area (Å²) in [5, 5.41) is 3.18. The Bertz CT molecular complexity index is 38.7. The van der Waals surface area contributed by atoms with Crippen LogP contribution in [0.15, 0.2) is 5.11 Å². The van der Waals surface area contributed by atoms with Crippen LogP contribution < -0.4 is 0 Å². The van der Waals surface area contributed by atoms with E-state index in [1.165, 1.54) is 0 Å². The average molecular weight is 110 g/mol. The molecule has 0 unspecified atom stereocenters. The van der Waals surface area contributed by atoms with E-state index in [2.05, 4.69) is 12.0 Å². The normalized spacial score (nSPS) is 7.00. The molecular formula is C4H11N2Na. The molecule has 0 aromatic carbocycles. The third kappa shape index (κ3) is 10.8. The van der Waals surface area contributed by atoms with Crippen LogP contribution in [0.2, 0.25) is 0 Å². The molecule has 2 nitrogen and oxygen atoms in total. The van der Waals surface area contributed by atoms with Crippen LogP contribution in [0.5, 0.6) is 0 Å². The first-order valence-corrected chi connectivity index (χ1v) is 2.25. The van der Waals surface area contributed by atoms with Gasteiger partial charge in [0.1, 0.15) is 0 Å². The molecule has 0 fully saturated rings. The molecule has 0 heterocycles. The number of hydrogen-bond acceptors (Lipinski definition) is 2. The zero-order chi connectivity index (χ0) is 4.83. The SMILES string of the molecule is CCCCN=N.[NaH]. The van der Waals surface area contributed by atoms with Crippen molar-refractivity contribution in [3.8, 4) is 0 Å². The monoisotopic (exact) mass is 110 g/mol. The summed E-state index contributed by atoms with van der Waals surface area (Å²) in [5.41, 5.74) is 6.33. The fourth-order valence-electron chi connectivity index (χ4n) is 0.237. The van der Waals surface area contributed by atoms with Gasteiger partial charge in [0.15, 0.2) is 0 Å². The molecule has 38 valence electrons. The molecule has 1 N–H and O–H groups in total. The van der Waals surface area contributed by atoms with Gasteiger partial charge in [-0.2, -0.15) is 5.11 Å². The first kappa shape index (κ1) is 10.6. The van der Waals surface area contributed by atoms with Gasteiger partial charge in [0, 0.05) is 0 Å². The van der Waals surface area contributed by atoms with Crippen molar-refractivity contribution in [1.29, 1.82) is 5.53 Å². The number of nitrogens with zero attached hydrogens (tertiary/aromatic N) is 1. The van der Waals surface area contributed by atoms with Gasteiger partial charge in [-0.1, -0.05) is 13.3 Å². The van der Waals surface area contributed by atoms with Crippen molar-refractivity contribution >= 4 is 29.6 Å². The Morgan fingerprint density at radius 3 is 2.29 bits per heavy atom. The topological polar surface area (TPSA) is 36.2 Å². The molecular weight excluding hydrogens is 99.0 g/mol.